The lowest BCUT2D eigenvalue weighted by Crippen LogP contribution is -2.72. The van der Waals surface area contributed by atoms with Gasteiger partial charge in [0.05, 0.1) is 12.7 Å². The van der Waals surface area contributed by atoms with Crippen LogP contribution in [0.2, 0.25) is 0 Å². The maximum absolute atomic E-state index is 6.12. The van der Waals surface area contributed by atoms with Crippen LogP contribution in [0.1, 0.15) is 49.7 Å². The number of benzene rings is 1. The Morgan fingerprint density at radius 1 is 1.29 bits per heavy atom. The van der Waals surface area contributed by atoms with Crippen molar-refractivity contribution < 1.29 is 9.47 Å². The van der Waals surface area contributed by atoms with Gasteiger partial charge in [0.1, 0.15) is 5.75 Å². The van der Waals surface area contributed by atoms with Crippen LogP contribution >= 0.6 is 0 Å². The minimum Gasteiger partial charge on any atom is -0.493 e. The molecule has 3 aliphatic carbocycles. The number of nitrogens with one attached hydrogen (secondary N) is 2. The number of ether oxygens (including phenoxy) is 2. The van der Waals surface area contributed by atoms with Gasteiger partial charge in [0.2, 0.25) is 0 Å². The first-order valence-corrected chi connectivity index (χ1v) is 11.0. The van der Waals surface area contributed by atoms with Gasteiger partial charge in [0.15, 0.2) is 5.96 Å². The maximum Gasteiger partial charge on any atom is 0.191 e. The topological polar surface area (TPSA) is 54.9 Å². The highest BCUT2D eigenvalue weighted by Crippen LogP contribution is 2.62. The summed E-state index contributed by atoms with van der Waals surface area (Å²) >= 11 is 0. The molecule has 3 atom stereocenters. The molecule has 5 rings (SSSR count). The summed E-state index contributed by atoms with van der Waals surface area (Å²) in [5, 5.41) is 7.28. The monoisotopic (exact) mass is 383 g/mol. The molecule has 5 heteroatoms. The average molecular weight is 384 g/mol. The molecule has 0 aromatic heterocycles. The fourth-order valence-electron chi connectivity index (χ4n) is 5.41. The summed E-state index contributed by atoms with van der Waals surface area (Å²) < 4.78 is 12.2. The Balaban J connectivity index is 1.22. The second-order valence-electron chi connectivity index (χ2n) is 9.24. The van der Waals surface area contributed by atoms with Crippen LogP contribution in [-0.4, -0.2) is 38.4 Å². The van der Waals surface area contributed by atoms with Gasteiger partial charge in [-0.2, -0.15) is 0 Å². The minimum atomic E-state index is 0.362. The van der Waals surface area contributed by atoms with Gasteiger partial charge in [0.25, 0.3) is 0 Å². The van der Waals surface area contributed by atoms with E-state index in [-0.39, 0.29) is 0 Å². The second-order valence-corrected chi connectivity index (χ2v) is 9.24. The van der Waals surface area contributed by atoms with Crippen LogP contribution in [0.4, 0.5) is 0 Å². The molecule has 3 saturated carbocycles. The first-order valence-electron chi connectivity index (χ1n) is 11.0. The number of nitrogens with zero attached hydrogens (tertiary/aromatic N) is 1. The van der Waals surface area contributed by atoms with Crippen molar-refractivity contribution in [1.29, 1.82) is 0 Å². The highest BCUT2D eigenvalue weighted by molar-refractivity contribution is 5.80. The van der Waals surface area contributed by atoms with Gasteiger partial charge in [-0.1, -0.05) is 18.6 Å². The van der Waals surface area contributed by atoms with E-state index < -0.39 is 0 Å². The summed E-state index contributed by atoms with van der Waals surface area (Å²) in [6, 6.07) is 7.00. The lowest BCUT2D eigenvalue weighted by molar-refractivity contribution is -0.171. The zero-order valence-electron chi connectivity index (χ0n) is 17.2. The van der Waals surface area contributed by atoms with E-state index in [1.807, 2.05) is 7.05 Å². The summed E-state index contributed by atoms with van der Waals surface area (Å²) in [6.45, 7) is 4.62. The Morgan fingerprint density at radius 3 is 2.86 bits per heavy atom. The van der Waals surface area contributed by atoms with Crippen LogP contribution in [0.25, 0.3) is 0 Å². The fourth-order valence-corrected chi connectivity index (χ4v) is 5.41. The Labute approximate surface area is 168 Å². The molecule has 1 aromatic rings. The Bertz CT molecular complexity index is 754. The van der Waals surface area contributed by atoms with Crippen molar-refractivity contribution in [3.63, 3.8) is 0 Å². The molecule has 0 radical (unpaired) electrons. The van der Waals surface area contributed by atoms with Crippen LogP contribution in [0, 0.1) is 24.2 Å². The summed E-state index contributed by atoms with van der Waals surface area (Å²) in [6.07, 6.45) is 8.20. The summed E-state index contributed by atoms with van der Waals surface area (Å²) in [4.78, 5) is 4.51. The summed E-state index contributed by atoms with van der Waals surface area (Å²) in [7, 11) is 1.86. The van der Waals surface area contributed by atoms with E-state index in [4.69, 9.17) is 9.47 Å². The van der Waals surface area contributed by atoms with Crippen LogP contribution < -0.4 is 15.4 Å². The standard InChI is InChI=1S/C23H33N3O2/c1-15-4-7-17(19(12-15)28-14-16-5-6-16)13-25-22(24-2)26-20-18-8-11-27-21(18)23(20)9-3-10-23/h4,7,12,16,18,20-21H,3,5-6,8-11,13-14H2,1-2H3,(H2,24,25,26). The lowest BCUT2D eigenvalue weighted by atomic mass is 9.46. The molecule has 5 nitrogen and oxygen atoms in total. The van der Waals surface area contributed by atoms with E-state index in [1.54, 1.807) is 0 Å². The predicted octanol–water partition coefficient (Wildman–Crippen LogP) is 3.41. The highest BCUT2D eigenvalue weighted by atomic mass is 16.5. The number of rotatable bonds is 6. The van der Waals surface area contributed by atoms with Crippen molar-refractivity contribution in [3.8, 4) is 5.75 Å². The van der Waals surface area contributed by atoms with E-state index in [0.717, 1.165) is 37.4 Å². The first-order chi connectivity index (χ1) is 13.7. The molecule has 0 amide bonds. The number of aryl methyl sites for hydroxylation is 1. The zero-order chi connectivity index (χ0) is 19.1. The average Bonchev–Trinajstić information content (AvgIpc) is 3.39. The third-order valence-electron chi connectivity index (χ3n) is 7.39. The molecule has 1 spiro atoms. The van der Waals surface area contributed by atoms with Crippen molar-refractivity contribution in [1.82, 2.24) is 10.6 Å². The number of fused-ring (bicyclic) bond motifs is 2. The molecule has 0 bridgehead atoms. The van der Waals surface area contributed by atoms with Gasteiger partial charge >= 0.3 is 0 Å². The summed E-state index contributed by atoms with van der Waals surface area (Å²) in [5.41, 5.74) is 2.80. The van der Waals surface area contributed by atoms with Crippen LogP contribution in [0.15, 0.2) is 23.2 Å². The Hall–Kier alpha value is -1.75. The van der Waals surface area contributed by atoms with Gasteiger partial charge in [-0.15, -0.1) is 0 Å². The minimum absolute atomic E-state index is 0.362. The SMILES string of the molecule is CN=C(NCc1ccc(C)cc1OCC1CC1)NC1C2CCOC2C12CCC2. The molecular formula is C23H33N3O2. The molecular weight excluding hydrogens is 350 g/mol. The maximum atomic E-state index is 6.12. The van der Waals surface area contributed by atoms with Crippen LogP contribution in [0.3, 0.4) is 0 Å². The fraction of sp³-hybridized carbons (Fsp3) is 0.696. The molecule has 4 aliphatic rings. The molecule has 1 heterocycles. The van der Waals surface area contributed by atoms with Crippen molar-refractivity contribution in [2.75, 3.05) is 20.3 Å². The lowest BCUT2D eigenvalue weighted by Gasteiger charge is -2.63. The van der Waals surface area contributed by atoms with Gasteiger partial charge < -0.3 is 20.1 Å². The third-order valence-corrected chi connectivity index (χ3v) is 7.39. The molecule has 152 valence electrons. The normalized spacial score (nSPS) is 30.4. The molecule has 2 N–H and O–H groups in total. The molecule has 4 fully saturated rings. The first kappa shape index (κ1) is 18.3. The molecule has 3 unspecified atom stereocenters. The number of aliphatic imine (C=N–C) groups is 1. The van der Waals surface area contributed by atoms with E-state index in [1.165, 1.54) is 49.7 Å². The van der Waals surface area contributed by atoms with Gasteiger partial charge in [0, 0.05) is 43.1 Å². The predicted molar refractivity (Wildman–Crippen MR) is 111 cm³/mol. The van der Waals surface area contributed by atoms with Crippen molar-refractivity contribution in [2.45, 2.75) is 64.1 Å². The van der Waals surface area contributed by atoms with E-state index in [2.05, 4.69) is 40.7 Å². The van der Waals surface area contributed by atoms with Crippen molar-refractivity contribution >= 4 is 5.96 Å². The highest BCUT2D eigenvalue weighted by Gasteiger charge is 2.66. The third kappa shape index (κ3) is 3.18. The van der Waals surface area contributed by atoms with Gasteiger partial charge in [-0.25, -0.2) is 0 Å². The van der Waals surface area contributed by atoms with Gasteiger partial charge in [-0.3, -0.25) is 4.99 Å². The van der Waals surface area contributed by atoms with E-state index in [9.17, 15) is 0 Å². The molecule has 28 heavy (non-hydrogen) atoms. The quantitative estimate of drug-likeness (QED) is 0.584. The Kier molecular flexibility index (Phi) is 4.74. The number of hydrogen-bond acceptors (Lipinski definition) is 3. The van der Waals surface area contributed by atoms with Crippen molar-refractivity contribution in [3.05, 3.63) is 29.3 Å². The second kappa shape index (κ2) is 7.25. The number of hydrogen-bond donors (Lipinski definition) is 2. The van der Waals surface area contributed by atoms with Crippen molar-refractivity contribution in [2.24, 2.45) is 22.2 Å². The Morgan fingerprint density at radius 2 is 2.14 bits per heavy atom. The van der Waals surface area contributed by atoms with E-state index in [0.29, 0.717) is 23.5 Å². The smallest absolute Gasteiger partial charge is 0.191 e. The van der Waals surface area contributed by atoms with Gasteiger partial charge in [-0.05, 0) is 56.6 Å². The van der Waals surface area contributed by atoms with Crippen LogP contribution in [0.5, 0.6) is 5.75 Å². The molecule has 1 saturated heterocycles. The largest absolute Gasteiger partial charge is 0.493 e. The molecule has 1 aromatic carbocycles. The zero-order valence-corrected chi connectivity index (χ0v) is 17.2. The number of guanidine groups is 1. The van der Waals surface area contributed by atoms with E-state index >= 15 is 0 Å². The summed E-state index contributed by atoms with van der Waals surface area (Å²) in [5.74, 6) is 3.32. The van der Waals surface area contributed by atoms with Crippen LogP contribution in [-0.2, 0) is 11.3 Å². The molecule has 1 aliphatic heterocycles.